The lowest BCUT2D eigenvalue weighted by atomic mass is 10.0. The van der Waals surface area contributed by atoms with Crippen LogP contribution in [0.3, 0.4) is 0 Å². The summed E-state index contributed by atoms with van der Waals surface area (Å²) in [5.74, 6) is 1.54. The Kier molecular flexibility index (Phi) is 5.62. The van der Waals surface area contributed by atoms with E-state index in [9.17, 15) is 8.42 Å². The maximum Gasteiger partial charge on any atom is 0.147 e. The summed E-state index contributed by atoms with van der Waals surface area (Å²) in [7, 11) is 0.220. The van der Waals surface area contributed by atoms with Gasteiger partial charge in [0.25, 0.3) is 0 Å². The second-order valence-corrected chi connectivity index (χ2v) is 6.75. The van der Waals surface area contributed by atoms with Crippen molar-refractivity contribution in [3.63, 3.8) is 0 Å². The molecule has 0 aliphatic heterocycles. The zero-order valence-electron chi connectivity index (χ0n) is 11.5. The van der Waals surface area contributed by atoms with Crippen molar-refractivity contribution in [2.75, 3.05) is 26.2 Å². The number of hydrogen-bond acceptors (Lipinski definition) is 5. The Hall–Kier alpha value is -1.27. The molecule has 0 aromatic heterocycles. The van der Waals surface area contributed by atoms with Crippen LogP contribution in [0.25, 0.3) is 0 Å². The van der Waals surface area contributed by atoms with Crippen LogP contribution >= 0.6 is 0 Å². The summed E-state index contributed by atoms with van der Waals surface area (Å²) in [6, 6.07) is 5.15. The monoisotopic (exact) mass is 287 g/mol. The summed E-state index contributed by atoms with van der Waals surface area (Å²) in [4.78, 5) is 0. The van der Waals surface area contributed by atoms with Crippen LogP contribution in [0.5, 0.6) is 11.5 Å². The second-order valence-electron chi connectivity index (χ2n) is 4.49. The van der Waals surface area contributed by atoms with Crippen molar-refractivity contribution in [2.45, 2.75) is 18.9 Å². The predicted octanol–water partition coefficient (Wildman–Crippen LogP) is 1.53. The molecular formula is C13H21NO4S. The Labute approximate surface area is 114 Å². The molecule has 0 radical (unpaired) electrons. The van der Waals surface area contributed by atoms with E-state index >= 15 is 0 Å². The van der Waals surface area contributed by atoms with Crippen LogP contribution < -0.4 is 15.2 Å². The van der Waals surface area contributed by atoms with Crippen molar-refractivity contribution >= 4 is 9.84 Å². The van der Waals surface area contributed by atoms with E-state index in [1.807, 2.05) is 6.07 Å². The Balaban J connectivity index is 2.77. The first kappa shape index (κ1) is 15.8. The lowest BCUT2D eigenvalue weighted by Gasteiger charge is -2.16. The van der Waals surface area contributed by atoms with E-state index in [1.165, 1.54) is 6.26 Å². The molecule has 19 heavy (non-hydrogen) atoms. The molecule has 0 aliphatic carbocycles. The van der Waals surface area contributed by atoms with E-state index in [0.29, 0.717) is 24.3 Å². The van der Waals surface area contributed by atoms with Gasteiger partial charge >= 0.3 is 0 Å². The van der Waals surface area contributed by atoms with Crippen LogP contribution in [-0.4, -0.2) is 34.6 Å². The van der Waals surface area contributed by atoms with Crippen LogP contribution in [0.15, 0.2) is 18.2 Å². The van der Waals surface area contributed by atoms with Crippen molar-refractivity contribution in [1.29, 1.82) is 0 Å². The van der Waals surface area contributed by atoms with Gasteiger partial charge in [0.1, 0.15) is 21.3 Å². The summed E-state index contributed by atoms with van der Waals surface area (Å²) in [6.45, 7) is 0. The molecule has 1 aromatic rings. The van der Waals surface area contributed by atoms with Crippen LogP contribution in [0, 0.1) is 0 Å². The number of hydrogen-bond donors (Lipinski definition) is 1. The molecule has 0 amide bonds. The van der Waals surface area contributed by atoms with Gasteiger partial charge in [-0.05, 0) is 31.0 Å². The Morgan fingerprint density at radius 2 is 1.95 bits per heavy atom. The Bertz CT molecular complexity index is 513. The van der Waals surface area contributed by atoms with E-state index in [1.54, 1.807) is 26.4 Å². The van der Waals surface area contributed by atoms with Crippen LogP contribution in [-0.2, 0) is 9.84 Å². The highest BCUT2D eigenvalue weighted by atomic mass is 32.2. The molecule has 5 nitrogen and oxygen atoms in total. The fourth-order valence-corrected chi connectivity index (χ4v) is 2.54. The quantitative estimate of drug-likeness (QED) is 0.822. The Morgan fingerprint density at radius 3 is 2.47 bits per heavy atom. The van der Waals surface area contributed by atoms with Gasteiger partial charge in [0.2, 0.25) is 0 Å². The lowest BCUT2D eigenvalue weighted by molar-refractivity contribution is 0.394. The molecule has 1 rings (SSSR count). The largest absolute Gasteiger partial charge is 0.497 e. The summed E-state index contributed by atoms with van der Waals surface area (Å²) >= 11 is 0. The molecular weight excluding hydrogens is 266 g/mol. The van der Waals surface area contributed by atoms with E-state index in [-0.39, 0.29) is 11.8 Å². The van der Waals surface area contributed by atoms with Crippen molar-refractivity contribution in [3.8, 4) is 11.5 Å². The number of methoxy groups -OCH3 is 2. The van der Waals surface area contributed by atoms with Gasteiger partial charge in [0.15, 0.2) is 0 Å². The topological polar surface area (TPSA) is 78.6 Å². The van der Waals surface area contributed by atoms with Crippen molar-refractivity contribution < 1.29 is 17.9 Å². The maximum atomic E-state index is 11.1. The van der Waals surface area contributed by atoms with Gasteiger partial charge in [0, 0.05) is 23.6 Å². The smallest absolute Gasteiger partial charge is 0.147 e. The van der Waals surface area contributed by atoms with E-state index in [4.69, 9.17) is 15.2 Å². The van der Waals surface area contributed by atoms with E-state index in [2.05, 4.69) is 0 Å². The standard InChI is InChI=1S/C13H21NO4S/c1-17-10-6-7-13(18-2)11(9-10)12(14)5-4-8-19(3,15)16/h6-7,9,12H,4-5,8,14H2,1-3H3. The minimum absolute atomic E-state index is 0.146. The normalized spacial score (nSPS) is 13.1. The van der Waals surface area contributed by atoms with Crippen LogP contribution in [0.1, 0.15) is 24.4 Å². The third-order valence-corrected chi connectivity index (χ3v) is 3.90. The number of rotatable bonds is 7. The van der Waals surface area contributed by atoms with Gasteiger partial charge in [-0.15, -0.1) is 0 Å². The summed E-state index contributed by atoms with van der Waals surface area (Å²) in [5, 5.41) is 0. The highest BCUT2D eigenvalue weighted by Crippen LogP contribution is 2.30. The number of sulfone groups is 1. The molecule has 2 N–H and O–H groups in total. The van der Waals surface area contributed by atoms with Crippen molar-refractivity contribution in [2.24, 2.45) is 5.73 Å². The van der Waals surface area contributed by atoms with Gasteiger partial charge in [-0.1, -0.05) is 0 Å². The zero-order chi connectivity index (χ0) is 14.5. The lowest BCUT2D eigenvalue weighted by Crippen LogP contribution is -2.14. The predicted molar refractivity (Wildman–Crippen MR) is 75.4 cm³/mol. The molecule has 0 saturated heterocycles. The second kappa shape index (κ2) is 6.77. The molecule has 1 aromatic carbocycles. The molecule has 1 atom stereocenters. The molecule has 0 aliphatic rings. The van der Waals surface area contributed by atoms with Crippen LogP contribution in [0.2, 0.25) is 0 Å². The Morgan fingerprint density at radius 1 is 1.26 bits per heavy atom. The van der Waals surface area contributed by atoms with Gasteiger partial charge in [0.05, 0.1) is 14.2 Å². The number of ether oxygens (including phenoxy) is 2. The average molecular weight is 287 g/mol. The first-order valence-electron chi connectivity index (χ1n) is 6.02. The van der Waals surface area contributed by atoms with Crippen molar-refractivity contribution in [3.05, 3.63) is 23.8 Å². The summed E-state index contributed by atoms with van der Waals surface area (Å²) < 4.78 is 32.6. The first-order chi connectivity index (χ1) is 8.87. The van der Waals surface area contributed by atoms with Gasteiger partial charge < -0.3 is 15.2 Å². The molecule has 0 heterocycles. The van der Waals surface area contributed by atoms with Gasteiger partial charge in [-0.2, -0.15) is 0 Å². The van der Waals surface area contributed by atoms with Gasteiger partial charge in [-0.3, -0.25) is 0 Å². The SMILES string of the molecule is COc1ccc(OC)c(C(N)CCCS(C)(=O)=O)c1. The first-order valence-corrected chi connectivity index (χ1v) is 8.08. The zero-order valence-corrected chi connectivity index (χ0v) is 12.4. The average Bonchev–Trinajstić information content (AvgIpc) is 2.36. The molecule has 108 valence electrons. The van der Waals surface area contributed by atoms with E-state index < -0.39 is 9.84 Å². The molecule has 0 saturated carbocycles. The molecule has 0 spiro atoms. The molecule has 1 unspecified atom stereocenters. The third-order valence-electron chi connectivity index (χ3n) is 2.87. The van der Waals surface area contributed by atoms with E-state index in [0.717, 1.165) is 5.56 Å². The molecule has 0 bridgehead atoms. The fraction of sp³-hybridized carbons (Fsp3) is 0.538. The minimum Gasteiger partial charge on any atom is -0.497 e. The minimum atomic E-state index is -2.94. The fourth-order valence-electron chi connectivity index (χ4n) is 1.85. The van der Waals surface area contributed by atoms with Crippen molar-refractivity contribution in [1.82, 2.24) is 0 Å². The molecule has 0 fully saturated rings. The highest BCUT2D eigenvalue weighted by molar-refractivity contribution is 7.90. The van der Waals surface area contributed by atoms with Crippen LogP contribution in [0.4, 0.5) is 0 Å². The highest BCUT2D eigenvalue weighted by Gasteiger charge is 2.14. The summed E-state index contributed by atoms with van der Waals surface area (Å²) in [5.41, 5.74) is 6.92. The van der Waals surface area contributed by atoms with Gasteiger partial charge in [-0.25, -0.2) is 8.42 Å². The number of nitrogens with two attached hydrogens (primary N) is 1. The third kappa shape index (κ3) is 5.08. The maximum absolute atomic E-state index is 11.1. The molecule has 6 heteroatoms. The summed E-state index contributed by atoms with van der Waals surface area (Å²) in [6.07, 6.45) is 2.33. The number of benzene rings is 1.